The molecule has 2 aromatic heterocycles. The third kappa shape index (κ3) is 5.50. The molecule has 0 N–H and O–H groups in total. The van der Waals surface area contributed by atoms with Gasteiger partial charge < -0.3 is 4.57 Å². The van der Waals surface area contributed by atoms with E-state index in [1.165, 1.54) is 55.3 Å². The average molecular weight is 742 g/mol. The van der Waals surface area contributed by atoms with Crippen LogP contribution in [0.5, 0.6) is 0 Å². The van der Waals surface area contributed by atoms with E-state index in [4.69, 9.17) is 9.97 Å². The Morgan fingerprint density at radius 2 is 0.897 bits per heavy atom. The first-order valence-corrected chi connectivity index (χ1v) is 20.0. The topological polar surface area (TPSA) is 30.7 Å². The minimum atomic E-state index is -0.0472. The van der Waals surface area contributed by atoms with Gasteiger partial charge in [-0.05, 0) is 93.0 Å². The maximum absolute atomic E-state index is 5.18. The molecule has 8 aromatic carbocycles. The predicted molar refractivity (Wildman–Crippen MR) is 241 cm³/mol. The molecule has 0 unspecified atom stereocenters. The lowest BCUT2D eigenvalue weighted by atomic mass is 9.82. The van der Waals surface area contributed by atoms with Crippen LogP contribution in [0.25, 0.3) is 94.8 Å². The Hall–Kier alpha value is -7.36. The van der Waals surface area contributed by atoms with Gasteiger partial charge in [0.25, 0.3) is 0 Å². The molecule has 0 atom stereocenters. The number of fused-ring (bicyclic) bond motifs is 6. The molecule has 1 aliphatic rings. The van der Waals surface area contributed by atoms with Crippen molar-refractivity contribution < 1.29 is 0 Å². The molecule has 11 rings (SSSR count). The fourth-order valence-corrected chi connectivity index (χ4v) is 9.15. The number of nitrogens with zero attached hydrogens (tertiary/aromatic N) is 3. The largest absolute Gasteiger partial charge is 0.309 e. The summed E-state index contributed by atoms with van der Waals surface area (Å²) in [6.45, 7) is 4.69. The summed E-state index contributed by atoms with van der Waals surface area (Å²) in [4.78, 5) is 10.2. The van der Waals surface area contributed by atoms with Gasteiger partial charge in [0.15, 0.2) is 5.82 Å². The zero-order valence-electron chi connectivity index (χ0n) is 32.4. The van der Waals surface area contributed by atoms with Crippen molar-refractivity contribution in [3.63, 3.8) is 0 Å². The normalized spacial score (nSPS) is 12.8. The number of aromatic nitrogens is 3. The monoisotopic (exact) mass is 741 g/mol. The lowest BCUT2D eigenvalue weighted by Gasteiger charge is -2.21. The van der Waals surface area contributed by atoms with Crippen LogP contribution in [0.15, 0.2) is 200 Å². The molecular formula is C55H39N3. The molecule has 0 spiro atoms. The minimum Gasteiger partial charge on any atom is -0.309 e. The van der Waals surface area contributed by atoms with Gasteiger partial charge in [-0.3, -0.25) is 0 Å². The molecule has 3 nitrogen and oxygen atoms in total. The summed E-state index contributed by atoms with van der Waals surface area (Å²) in [5.74, 6) is 0.710. The van der Waals surface area contributed by atoms with Crippen LogP contribution in [0.4, 0.5) is 0 Å². The van der Waals surface area contributed by atoms with Crippen molar-refractivity contribution in [2.45, 2.75) is 19.3 Å². The smallest absolute Gasteiger partial charge is 0.160 e. The highest BCUT2D eigenvalue weighted by molar-refractivity contribution is 6.11. The number of hydrogen-bond donors (Lipinski definition) is 0. The molecule has 0 aliphatic heterocycles. The SMILES string of the molecule is CC1(C)c2ccccc2-c2c(-c3cccc(-c4ccc5c(c4)c4cc(-c6cc(-c7ccccc7)nc(-c7ccccc7)n6)ccc4n5-c4ccccc4)c3)cccc21. The molecule has 0 saturated carbocycles. The van der Waals surface area contributed by atoms with Gasteiger partial charge in [-0.25, -0.2) is 9.97 Å². The van der Waals surface area contributed by atoms with Crippen LogP contribution in [-0.4, -0.2) is 14.5 Å². The summed E-state index contributed by atoms with van der Waals surface area (Å²) in [6.07, 6.45) is 0. The van der Waals surface area contributed by atoms with Crippen molar-refractivity contribution in [2.24, 2.45) is 0 Å². The van der Waals surface area contributed by atoms with Crippen LogP contribution in [0.1, 0.15) is 25.0 Å². The standard InChI is InChI=1S/C55H39N3/c1-55(2)47-26-13-12-24-44(47)53-43(25-15-27-48(53)55)40-21-14-20-38(32-40)39-28-30-51-45(33-39)46-34-41(29-31-52(46)58(51)42-22-10-5-11-23-42)50-35-49(36-16-6-3-7-17-36)56-54(57-50)37-18-8-4-9-19-37/h3-35H,1-2H3. The number of benzene rings is 8. The molecule has 1 aliphatic carbocycles. The van der Waals surface area contributed by atoms with Crippen LogP contribution in [0.3, 0.4) is 0 Å². The Bertz CT molecular complexity index is 3120. The summed E-state index contributed by atoms with van der Waals surface area (Å²) in [6, 6.07) is 71.9. The summed E-state index contributed by atoms with van der Waals surface area (Å²) in [5, 5.41) is 2.37. The Balaban J connectivity index is 1.09. The molecule has 0 radical (unpaired) electrons. The third-order valence-corrected chi connectivity index (χ3v) is 12.0. The van der Waals surface area contributed by atoms with E-state index in [2.05, 4.69) is 194 Å². The van der Waals surface area contributed by atoms with Crippen molar-refractivity contribution in [2.75, 3.05) is 0 Å². The molecule has 0 fully saturated rings. The zero-order chi connectivity index (χ0) is 38.8. The highest BCUT2D eigenvalue weighted by Gasteiger charge is 2.36. The van der Waals surface area contributed by atoms with Gasteiger partial charge in [0.2, 0.25) is 0 Å². The van der Waals surface area contributed by atoms with Gasteiger partial charge in [0.1, 0.15) is 0 Å². The van der Waals surface area contributed by atoms with Crippen molar-refractivity contribution in [3.05, 3.63) is 211 Å². The van der Waals surface area contributed by atoms with E-state index in [0.717, 1.165) is 44.8 Å². The minimum absolute atomic E-state index is 0.0472. The molecule has 2 heterocycles. The van der Waals surface area contributed by atoms with Gasteiger partial charge in [-0.15, -0.1) is 0 Å². The van der Waals surface area contributed by atoms with Gasteiger partial charge in [-0.2, -0.15) is 0 Å². The second-order valence-corrected chi connectivity index (χ2v) is 15.8. The van der Waals surface area contributed by atoms with E-state index in [0.29, 0.717) is 5.82 Å². The second kappa shape index (κ2) is 13.4. The van der Waals surface area contributed by atoms with E-state index < -0.39 is 0 Å². The molecular weight excluding hydrogens is 703 g/mol. The first kappa shape index (κ1) is 33.9. The Kier molecular flexibility index (Phi) is 7.84. The Morgan fingerprint density at radius 3 is 1.64 bits per heavy atom. The lowest BCUT2D eigenvalue weighted by molar-refractivity contribution is 0.660. The zero-order valence-corrected chi connectivity index (χ0v) is 32.4. The molecule has 0 bridgehead atoms. The summed E-state index contributed by atoms with van der Waals surface area (Å²) < 4.78 is 2.38. The van der Waals surface area contributed by atoms with E-state index >= 15 is 0 Å². The van der Waals surface area contributed by atoms with Gasteiger partial charge in [-0.1, -0.05) is 166 Å². The predicted octanol–water partition coefficient (Wildman–Crippen LogP) is 14.2. The van der Waals surface area contributed by atoms with Crippen LogP contribution in [0.2, 0.25) is 0 Å². The number of rotatable bonds is 6. The van der Waals surface area contributed by atoms with Crippen LogP contribution >= 0.6 is 0 Å². The lowest BCUT2D eigenvalue weighted by Crippen LogP contribution is -2.14. The van der Waals surface area contributed by atoms with Crippen LogP contribution in [-0.2, 0) is 5.41 Å². The molecule has 274 valence electrons. The van der Waals surface area contributed by atoms with Crippen LogP contribution < -0.4 is 0 Å². The van der Waals surface area contributed by atoms with Gasteiger partial charge in [0, 0.05) is 38.6 Å². The third-order valence-electron chi connectivity index (χ3n) is 12.0. The van der Waals surface area contributed by atoms with Crippen molar-refractivity contribution in [1.29, 1.82) is 0 Å². The quantitative estimate of drug-likeness (QED) is 0.170. The van der Waals surface area contributed by atoms with Crippen molar-refractivity contribution >= 4 is 21.8 Å². The van der Waals surface area contributed by atoms with E-state index in [9.17, 15) is 0 Å². The van der Waals surface area contributed by atoms with E-state index in [1.54, 1.807) is 0 Å². The van der Waals surface area contributed by atoms with E-state index in [-0.39, 0.29) is 5.41 Å². The number of para-hydroxylation sites is 1. The maximum Gasteiger partial charge on any atom is 0.160 e. The highest BCUT2D eigenvalue weighted by Crippen LogP contribution is 2.52. The first-order valence-electron chi connectivity index (χ1n) is 20.0. The maximum atomic E-state index is 5.18. The molecule has 0 amide bonds. The Morgan fingerprint density at radius 1 is 0.379 bits per heavy atom. The van der Waals surface area contributed by atoms with Gasteiger partial charge in [0.05, 0.1) is 22.4 Å². The van der Waals surface area contributed by atoms with Gasteiger partial charge >= 0.3 is 0 Å². The molecule has 0 saturated heterocycles. The fraction of sp³-hybridized carbons (Fsp3) is 0.0545. The highest BCUT2D eigenvalue weighted by atomic mass is 15.0. The first-order chi connectivity index (χ1) is 28.5. The Labute approximate surface area is 338 Å². The van der Waals surface area contributed by atoms with Crippen LogP contribution in [0, 0.1) is 0 Å². The summed E-state index contributed by atoms with van der Waals surface area (Å²) in [7, 11) is 0. The van der Waals surface area contributed by atoms with E-state index in [1.807, 2.05) is 24.3 Å². The molecule has 3 heteroatoms. The van der Waals surface area contributed by atoms with Crippen molar-refractivity contribution in [3.8, 4) is 73.0 Å². The average Bonchev–Trinajstić information content (AvgIpc) is 3.74. The number of hydrogen-bond acceptors (Lipinski definition) is 2. The summed E-state index contributed by atoms with van der Waals surface area (Å²) >= 11 is 0. The molecule has 58 heavy (non-hydrogen) atoms. The molecule has 10 aromatic rings. The second-order valence-electron chi connectivity index (χ2n) is 15.8. The summed E-state index contributed by atoms with van der Waals surface area (Å²) in [5.41, 5.74) is 18.6. The van der Waals surface area contributed by atoms with Crippen molar-refractivity contribution in [1.82, 2.24) is 14.5 Å². The fourth-order valence-electron chi connectivity index (χ4n) is 9.15.